The van der Waals surface area contributed by atoms with E-state index in [-0.39, 0.29) is 5.60 Å². The van der Waals surface area contributed by atoms with E-state index in [1.54, 1.807) is 0 Å². The number of imidazole rings is 1. The highest BCUT2D eigenvalue weighted by Crippen LogP contribution is 2.35. The molecular formula is C21H25N5O. The molecule has 0 saturated carbocycles. The Morgan fingerprint density at radius 2 is 2.15 bits per heavy atom. The quantitative estimate of drug-likeness (QED) is 0.718. The Morgan fingerprint density at radius 1 is 1.22 bits per heavy atom. The van der Waals surface area contributed by atoms with Crippen molar-refractivity contribution < 1.29 is 4.74 Å². The van der Waals surface area contributed by atoms with Crippen LogP contribution in [0.15, 0.2) is 42.9 Å². The largest absolute Gasteiger partial charge is 0.364 e. The van der Waals surface area contributed by atoms with Crippen LogP contribution in [0.3, 0.4) is 0 Å². The van der Waals surface area contributed by atoms with E-state index in [0.717, 1.165) is 38.4 Å². The van der Waals surface area contributed by atoms with Crippen molar-refractivity contribution in [2.24, 2.45) is 7.05 Å². The summed E-state index contributed by atoms with van der Waals surface area (Å²) in [6, 6.07) is 8.65. The smallest absolute Gasteiger partial charge is 0.135 e. The highest BCUT2D eigenvalue weighted by Gasteiger charge is 2.43. The zero-order valence-corrected chi connectivity index (χ0v) is 15.9. The molecule has 1 atom stereocenters. The molecule has 1 fully saturated rings. The van der Waals surface area contributed by atoms with Gasteiger partial charge < -0.3 is 9.30 Å². The Morgan fingerprint density at radius 3 is 2.96 bits per heavy atom. The predicted molar refractivity (Wildman–Crippen MR) is 103 cm³/mol. The zero-order chi connectivity index (χ0) is 18.4. The fraction of sp³-hybridized carbons (Fsp3) is 0.429. The van der Waals surface area contributed by atoms with Crippen molar-refractivity contribution in [2.45, 2.75) is 38.6 Å². The van der Waals surface area contributed by atoms with Crippen LogP contribution in [0.4, 0.5) is 0 Å². The zero-order valence-electron chi connectivity index (χ0n) is 15.9. The van der Waals surface area contributed by atoms with Crippen LogP contribution in [-0.2, 0) is 31.5 Å². The van der Waals surface area contributed by atoms with Gasteiger partial charge in [-0.05, 0) is 19.4 Å². The summed E-state index contributed by atoms with van der Waals surface area (Å²) in [4.78, 5) is 7.10. The molecule has 3 aromatic rings. The second-order valence-corrected chi connectivity index (χ2v) is 7.97. The molecule has 0 radical (unpaired) electrons. The molecule has 5 rings (SSSR count). The van der Waals surface area contributed by atoms with E-state index in [9.17, 15) is 0 Å². The van der Waals surface area contributed by atoms with Crippen molar-refractivity contribution in [2.75, 3.05) is 13.1 Å². The molecule has 27 heavy (non-hydrogen) atoms. The van der Waals surface area contributed by atoms with Gasteiger partial charge in [-0.15, -0.1) is 0 Å². The summed E-state index contributed by atoms with van der Waals surface area (Å²) in [5, 5.41) is 4.28. The Bertz CT molecular complexity index is 975. The summed E-state index contributed by atoms with van der Waals surface area (Å²) in [5.74, 6) is 1.03. The van der Waals surface area contributed by atoms with E-state index in [0.29, 0.717) is 6.61 Å². The minimum absolute atomic E-state index is 0.117. The van der Waals surface area contributed by atoms with Gasteiger partial charge in [0, 0.05) is 44.0 Å². The van der Waals surface area contributed by atoms with Crippen LogP contribution in [0.2, 0.25) is 0 Å². The molecule has 0 N–H and O–H groups in total. The Hall–Kier alpha value is -2.44. The number of hydrogen-bond acceptors (Lipinski definition) is 4. The molecule has 6 heteroatoms. The van der Waals surface area contributed by atoms with Crippen molar-refractivity contribution >= 4 is 0 Å². The van der Waals surface area contributed by atoms with Crippen LogP contribution < -0.4 is 0 Å². The van der Waals surface area contributed by atoms with Gasteiger partial charge in [-0.2, -0.15) is 5.10 Å². The number of fused-ring (bicyclic) bond motifs is 1. The highest BCUT2D eigenvalue weighted by molar-refractivity contribution is 5.60. The van der Waals surface area contributed by atoms with Crippen LogP contribution in [0.25, 0.3) is 11.3 Å². The third-order valence-electron chi connectivity index (χ3n) is 5.77. The van der Waals surface area contributed by atoms with E-state index in [4.69, 9.17) is 4.74 Å². The first-order valence-electron chi connectivity index (χ1n) is 9.56. The lowest BCUT2D eigenvalue weighted by Crippen LogP contribution is -2.44. The summed E-state index contributed by atoms with van der Waals surface area (Å²) in [7, 11) is 1.96. The van der Waals surface area contributed by atoms with Gasteiger partial charge in [0.05, 0.1) is 24.6 Å². The summed E-state index contributed by atoms with van der Waals surface area (Å²) >= 11 is 0. The number of aromatic nitrogens is 4. The second kappa shape index (κ2) is 6.32. The van der Waals surface area contributed by atoms with Gasteiger partial charge in [-0.1, -0.05) is 23.8 Å². The maximum Gasteiger partial charge on any atom is 0.135 e. The van der Waals surface area contributed by atoms with Crippen molar-refractivity contribution in [1.82, 2.24) is 24.2 Å². The maximum absolute atomic E-state index is 6.35. The second-order valence-electron chi connectivity index (χ2n) is 7.97. The summed E-state index contributed by atoms with van der Waals surface area (Å²) in [5.41, 5.74) is 4.84. The summed E-state index contributed by atoms with van der Waals surface area (Å²) < 4.78 is 10.6. The minimum atomic E-state index is -0.117. The highest BCUT2D eigenvalue weighted by atomic mass is 16.5. The molecule has 4 heterocycles. The number of rotatable bonds is 3. The molecule has 1 saturated heterocycles. The average Bonchev–Trinajstić information content (AvgIpc) is 3.35. The lowest BCUT2D eigenvalue weighted by molar-refractivity contribution is -0.0821. The third kappa shape index (κ3) is 3.09. The van der Waals surface area contributed by atoms with Crippen molar-refractivity contribution in [3.05, 3.63) is 59.8 Å². The fourth-order valence-corrected chi connectivity index (χ4v) is 4.41. The van der Waals surface area contributed by atoms with E-state index >= 15 is 0 Å². The summed E-state index contributed by atoms with van der Waals surface area (Å²) in [6.45, 7) is 6.53. The number of benzene rings is 1. The van der Waals surface area contributed by atoms with E-state index in [1.807, 2.05) is 24.1 Å². The number of hydrogen-bond donors (Lipinski definition) is 0. The molecule has 6 nitrogen and oxygen atoms in total. The Kier molecular flexibility index (Phi) is 3.91. The first kappa shape index (κ1) is 16.7. The van der Waals surface area contributed by atoms with Gasteiger partial charge in [0.2, 0.25) is 0 Å². The molecule has 2 aliphatic rings. The fourth-order valence-electron chi connectivity index (χ4n) is 4.41. The van der Waals surface area contributed by atoms with Crippen molar-refractivity contribution in [3.63, 3.8) is 0 Å². The van der Waals surface area contributed by atoms with Crippen LogP contribution in [0.1, 0.15) is 23.4 Å². The molecule has 0 unspecified atom stereocenters. The topological polar surface area (TPSA) is 48.1 Å². The van der Waals surface area contributed by atoms with Crippen LogP contribution in [-0.4, -0.2) is 42.9 Å². The Labute approximate surface area is 159 Å². The molecular weight excluding hydrogens is 338 g/mol. The van der Waals surface area contributed by atoms with Crippen LogP contribution >= 0.6 is 0 Å². The number of likely N-dealkylation sites (tertiary alicyclic amines) is 1. The molecule has 2 aliphatic heterocycles. The number of nitrogens with zero attached hydrogens (tertiary/aromatic N) is 5. The first-order valence-corrected chi connectivity index (χ1v) is 9.56. The lowest BCUT2D eigenvalue weighted by atomic mass is 10.0. The van der Waals surface area contributed by atoms with Crippen molar-refractivity contribution in [1.29, 1.82) is 0 Å². The third-order valence-corrected chi connectivity index (χ3v) is 5.77. The number of aryl methyl sites for hydroxylation is 2. The minimum Gasteiger partial charge on any atom is -0.364 e. The molecule has 0 aliphatic carbocycles. The average molecular weight is 363 g/mol. The lowest BCUT2D eigenvalue weighted by Gasteiger charge is -2.35. The number of ether oxygens (including phenoxy) is 1. The van der Waals surface area contributed by atoms with Gasteiger partial charge in [-0.25, -0.2) is 4.98 Å². The van der Waals surface area contributed by atoms with Gasteiger partial charge in [0.15, 0.2) is 0 Å². The first-order chi connectivity index (χ1) is 13.1. The van der Waals surface area contributed by atoms with E-state index in [2.05, 4.69) is 56.9 Å². The van der Waals surface area contributed by atoms with E-state index < -0.39 is 0 Å². The van der Waals surface area contributed by atoms with E-state index in [1.165, 1.54) is 22.4 Å². The SMILES string of the molecule is Cc1cccc(-c2cnc3n2C[C@]2(CCN(Cc4cnn(C)c4)C2)OC3)c1. The van der Waals surface area contributed by atoms with Gasteiger partial charge in [0.25, 0.3) is 0 Å². The maximum atomic E-state index is 6.35. The summed E-state index contributed by atoms with van der Waals surface area (Å²) in [6.07, 6.45) is 7.10. The molecule has 0 bridgehead atoms. The van der Waals surface area contributed by atoms with Crippen molar-refractivity contribution in [3.8, 4) is 11.3 Å². The molecule has 1 spiro atoms. The van der Waals surface area contributed by atoms with Gasteiger partial charge in [-0.3, -0.25) is 9.58 Å². The van der Waals surface area contributed by atoms with Gasteiger partial charge in [0.1, 0.15) is 18.0 Å². The van der Waals surface area contributed by atoms with Gasteiger partial charge >= 0.3 is 0 Å². The molecule has 140 valence electrons. The monoisotopic (exact) mass is 363 g/mol. The van der Waals surface area contributed by atoms with Crippen LogP contribution in [0.5, 0.6) is 0 Å². The van der Waals surface area contributed by atoms with Crippen LogP contribution in [0, 0.1) is 6.92 Å². The normalized spacial score (nSPS) is 22.4. The Balaban J connectivity index is 1.37. The standard InChI is InChI=1S/C21H25N5O/c1-16-4-3-5-18(8-16)19-10-22-20-13-27-21(15-26(19)20)6-7-25(14-21)12-17-9-23-24(2)11-17/h3-5,8-11H,6-7,12-15H2,1-2H3/t21-/m1/s1. The molecule has 2 aromatic heterocycles. The molecule has 1 aromatic carbocycles. The molecule has 0 amide bonds. The predicted octanol–water partition coefficient (Wildman–Crippen LogP) is 2.77.